The van der Waals surface area contributed by atoms with Crippen LogP contribution in [-0.4, -0.2) is 27.4 Å². The van der Waals surface area contributed by atoms with E-state index in [1.54, 1.807) is 57.2 Å². The molecule has 1 aromatic carbocycles. The molecule has 0 fully saturated rings. The number of benzene rings is 1. The zero-order valence-electron chi connectivity index (χ0n) is 14.7. The van der Waals surface area contributed by atoms with Gasteiger partial charge in [0, 0.05) is 25.2 Å². The van der Waals surface area contributed by atoms with Crippen LogP contribution in [0.4, 0.5) is 5.69 Å². The standard InChI is InChI=1S/C18H22N2O4S/c1-12(10-13-6-5-9-24-13)19-25(22,23)14-7-8-16-15(11-14)18(2,3)17(21)20(16)4/h5-9,11-12,19H,10H2,1-4H3/t12-/m0/s1. The van der Waals surface area contributed by atoms with Gasteiger partial charge in [-0.3, -0.25) is 4.79 Å². The third-order valence-corrected chi connectivity index (χ3v) is 6.18. The zero-order chi connectivity index (χ0) is 18.4. The molecule has 0 unspecified atom stereocenters. The summed E-state index contributed by atoms with van der Waals surface area (Å²) in [4.78, 5) is 14.1. The Morgan fingerprint density at radius 1 is 1.28 bits per heavy atom. The highest BCUT2D eigenvalue weighted by Gasteiger charge is 2.42. The second-order valence-corrected chi connectivity index (χ2v) is 8.69. The van der Waals surface area contributed by atoms with E-state index < -0.39 is 15.4 Å². The first-order chi connectivity index (χ1) is 11.6. The van der Waals surface area contributed by atoms with Crippen LogP contribution in [-0.2, 0) is 26.7 Å². The van der Waals surface area contributed by atoms with E-state index in [1.165, 1.54) is 6.07 Å². The van der Waals surface area contributed by atoms with Crippen LogP contribution in [0.1, 0.15) is 32.1 Å². The van der Waals surface area contributed by atoms with Crippen LogP contribution in [0.15, 0.2) is 45.9 Å². The molecule has 1 aliphatic rings. The first-order valence-electron chi connectivity index (χ1n) is 8.10. The Morgan fingerprint density at radius 3 is 2.64 bits per heavy atom. The molecule has 3 rings (SSSR count). The lowest BCUT2D eigenvalue weighted by Crippen LogP contribution is -2.34. The summed E-state index contributed by atoms with van der Waals surface area (Å²) in [6, 6.07) is 8.08. The Balaban J connectivity index is 1.87. The van der Waals surface area contributed by atoms with Crippen LogP contribution in [0.2, 0.25) is 0 Å². The van der Waals surface area contributed by atoms with Crippen molar-refractivity contribution in [2.45, 2.75) is 43.5 Å². The fraction of sp³-hybridized carbons (Fsp3) is 0.389. The van der Waals surface area contributed by atoms with E-state index in [1.807, 2.05) is 6.07 Å². The number of fused-ring (bicyclic) bond motifs is 1. The quantitative estimate of drug-likeness (QED) is 0.886. The summed E-state index contributed by atoms with van der Waals surface area (Å²) in [5.41, 5.74) is 0.731. The fourth-order valence-corrected chi connectivity index (χ4v) is 4.49. The van der Waals surface area contributed by atoms with E-state index in [-0.39, 0.29) is 16.8 Å². The summed E-state index contributed by atoms with van der Waals surface area (Å²) < 4.78 is 33.3. The SMILES string of the molecule is C[C@@H](Cc1ccco1)NS(=O)(=O)c1ccc2c(c1)C(C)(C)C(=O)N2C. The van der Waals surface area contributed by atoms with Gasteiger partial charge in [0.1, 0.15) is 5.76 Å². The average Bonchev–Trinajstić information content (AvgIpc) is 3.09. The molecule has 2 heterocycles. The molecule has 1 amide bonds. The number of nitrogens with zero attached hydrogens (tertiary/aromatic N) is 1. The first kappa shape index (κ1) is 17.7. The summed E-state index contributed by atoms with van der Waals surface area (Å²) in [5, 5.41) is 0. The van der Waals surface area contributed by atoms with Crippen LogP contribution >= 0.6 is 0 Å². The molecule has 6 nitrogen and oxygen atoms in total. The minimum absolute atomic E-state index is 0.0452. The van der Waals surface area contributed by atoms with Gasteiger partial charge in [-0.15, -0.1) is 0 Å². The average molecular weight is 362 g/mol. The van der Waals surface area contributed by atoms with Crippen molar-refractivity contribution in [1.29, 1.82) is 0 Å². The van der Waals surface area contributed by atoms with Gasteiger partial charge in [0.2, 0.25) is 15.9 Å². The predicted molar refractivity (Wildman–Crippen MR) is 95.1 cm³/mol. The van der Waals surface area contributed by atoms with E-state index in [0.717, 1.165) is 17.0 Å². The Hall–Kier alpha value is -2.12. The summed E-state index contributed by atoms with van der Waals surface area (Å²) in [5.74, 6) is 0.675. The lowest BCUT2D eigenvalue weighted by atomic mass is 9.86. The summed E-state index contributed by atoms with van der Waals surface area (Å²) >= 11 is 0. The van der Waals surface area contributed by atoms with Crippen molar-refractivity contribution in [2.75, 3.05) is 11.9 Å². The topological polar surface area (TPSA) is 79.6 Å². The van der Waals surface area contributed by atoms with Crippen LogP contribution in [0.3, 0.4) is 0 Å². The number of carbonyl (C=O) groups is 1. The highest BCUT2D eigenvalue weighted by molar-refractivity contribution is 7.89. The lowest BCUT2D eigenvalue weighted by Gasteiger charge is -2.17. The number of likely N-dealkylation sites (N-methyl/N-ethyl adjacent to an activating group) is 1. The normalized spacial score (nSPS) is 17.6. The molecule has 1 atom stereocenters. The summed E-state index contributed by atoms with van der Waals surface area (Å²) in [7, 11) is -1.99. The van der Waals surface area contributed by atoms with Gasteiger partial charge < -0.3 is 9.32 Å². The lowest BCUT2D eigenvalue weighted by molar-refractivity contribution is -0.121. The van der Waals surface area contributed by atoms with Crippen molar-refractivity contribution in [3.05, 3.63) is 47.9 Å². The van der Waals surface area contributed by atoms with Crippen LogP contribution in [0, 0.1) is 0 Å². The molecule has 1 N–H and O–H groups in total. The molecule has 0 spiro atoms. The predicted octanol–water partition coefficient (Wildman–Crippen LogP) is 2.44. The molecule has 134 valence electrons. The van der Waals surface area contributed by atoms with Gasteiger partial charge in [0.25, 0.3) is 0 Å². The first-order valence-corrected chi connectivity index (χ1v) is 9.58. The van der Waals surface area contributed by atoms with E-state index in [9.17, 15) is 13.2 Å². The highest BCUT2D eigenvalue weighted by Crippen LogP contribution is 2.41. The number of amides is 1. The molecule has 0 saturated heterocycles. The fourth-order valence-electron chi connectivity index (χ4n) is 3.22. The van der Waals surface area contributed by atoms with Crippen molar-refractivity contribution in [1.82, 2.24) is 4.72 Å². The van der Waals surface area contributed by atoms with Crippen molar-refractivity contribution < 1.29 is 17.6 Å². The number of carbonyl (C=O) groups excluding carboxylic acids is 1. The molecule has 7 heteroatoms. The molecule has 0 aliphatic carbocycles. The molecular weight excluding hydrogens is 340 g/mol. The minimum atomic E-state index is -3.69. The zero-order valence-corrected chi connectivity index (χ0v) is 15.6. The second kappa shape index (κ2) is 6.00. The van der Waals surface area contributed by atoms with Gasteiger partial charge in [0.05, 0.1) is 16.6 Å². The van der Waals surface area contributed by atoms with Crippen LogP contribution < -0.4 is 9.62 Å². The van der Waals surface area contributed by atoms with Gasteiger partial charge in [-0.25, -0.2) is 13.1 Å². The largest absolute Gasteiger partial charge is 0.469 e. The third-order valence-electron chi connectivity index (χ3n) is 4.60. The number of furan rings is 1. The maximum atomic E-state index is 12.7. The molecule has 2 aromatic rings. The van der Waals surface area contributed by atoms with Gasteiger partial charge in [0.15, 0.2) is 0 Å². The molecule has 0 saturated carbocycles. The number of anilines is 1. The Morgan fingerprint density at radius 2 is 2.00 bits per heavy atom. The maximum absolute atomic E-state index is 12.7. The second-order valence-electron chi connectivity index (χ2n) is 6.97. The third kappa shape index (κ3) is 3.09. The molecule has 0 radical (unpaired) electrons. The van der Waals surface area contributed by atoms with Crippen LogP contribution in [0.25, 0.3) is 0 Å². The van der Waals surface area contributed by atoms with Crippen molar-refractivity contribution in [3.63, 3.8) is 0 Å². The van der Waals surface area contributed by atoms with Gasteiger partial charge in [-0.05, 0) is 56.7 Å². The molecule has 1 aromatic heterocycles. The number of hydrogen-bond donors (Lipinski definition) is 1. The van der Waals surface area contributed by atoms with Gasteiger partial charge in [-0.2, -0.15) is 0 Å². The Labute approximate surface area is 147 Å². The van der Waals surface area contributed by atoms with Gasteiger partial charge >= 0.3 is 0 Å². The molecule has 0 bridgehead atoms. The van der Waals surface area contributed by atoms with E-state index in [2.05, 4.69) is 4.72 Å². The summed E-state index contributed by atoms with van der Waals surface area (Å²) in [6.45, 7) is 5.40. The minimum Gasteiger partial charge on any atom is -0.469 e. The molecule has 1 aliphatic heterocycles. The Kier molecular flexibility index (Phi) is 4.25. The molecular formula is C18H22N2O4S. The number of nitrogens with one attached hydrogen (secondary N) is 1. The smallest absolute Gasteiger partial charge is 0.240 e. The number of hydrogen-bond acceptors (Lipinski definition) is 4. The van der Waals surface area contributed by atoms with Crippen LogP contribution in [0.5, 0.6) is 0 Å². The number of rotatable bonds is 5. The van der Waals surface area contributed by atoms with Crippen molar-refractivity contribution in [2.24, 2.45) is 0 Å². The van der Waals surface area contributed by atoms with Crippen molar-refractivity contribution in [3.8, 4) is 0 Å². The maximum Gasteiger partial charge on any atom is 0.240 e. The number of sulfonamides is 1. The summed E-state index contributed by atoms with van der Waals surface area (Å²) in [6.07, 6.45) is 2.02. The van der Waals surface area contributed by atoms with Gasteiger partial charge in [-0.1, -0.05) is 0 Å². The monoisotopic (exact) mass is 362 g/mol. The van der Waals surface area contributed by atoms with E-state index >= 15 is 0 Å². The van der Waals surface area contributed by atoms with Crippen molar-refractivity contribution >= 4 is 21.6 Å². The Bertz CT molecular complexity index is 901. The molecule has 25 heavy (non-hydrogen) atoms. The highest BCUT2D eigenvalue weighted by atomic mass is 32.2. The van der Waals surface area contributed by atoms with E-state index in [4.69, 9.17) is 4.42 Å². The van der Waals surface area contributed by atoms with E-state index in [0.29, 0.717) is 6.42 Å².